The number of piperidine rings is 1. The van der Waals surface area contributed by atoms with Gasteiger partial charge in [-0.25, -0.2) is 4.68 Å². The van der Waals surface area contributed by atoms with Crippen molar-refractivity contribution in [2.75, 3.05) is 13.1 Å². The molecule has 136 valence electrons. The summed E-state index contributed by atoms with van der Waals surface area (Å²) in [5.41, 5.74) is 0.0872. The van der Waals surface area contributed by atoms with E-state index in [2.05, 4.69) is 31.1 Å². The molecule has 2 N–H and O–H groups in total. The van der Waals surface area contributed by atoms with Crippen LogP contribution in [-0.4, -0.2) is 44.1 Å². The number of hydrogen-bond donors (Lipinski definition) is 2. The van der Waals surface area contributed by atoms with E-state index in [-0.39, 0.29) is 17.4 Å². The smallest absolute Gasteiger partial charge is 0.274 e. The minimum absolute atomic E-state index is 0.205. The number of nitrogens with zero attached hydrogens (tertiary/aromatic N) is 5. The summed E-state index contributed by atoms with van der Waals surface area (Å²) >= 11 is 0. The van der Waals surface area contributed by atoms with Gasteiger partial charge >= 0.3 is 0 Å². The molecule has 1 aliphatic rings. The summed E-state index contributed by atoms with van der Waals surface area (Å²) in [6.45, 7) is 9.72. The SMILES string of the molecule is CC(NC(=O)c1cn(C2CCNCC2)nn1)c1nc(C(C)(C)C)no1. The third-order valence-corrected chi connectivity index (χ3v) is 4.26. The van der Waals surface area contributed by atoms with Crippen LogP contribution in [0.4, 0.5) is 0 Å². The van der Waals surface area contributed by atoms with Gasteiger partial charge in [0.25, 0.3) is 5.91 Å². The van der Waals surface area contributed by atoms with Gasteiger partial charge in [0.15, 0.2) is 11.5 Å². The molecule has 0 aromatic carbocycles. The van der Waals surface area contributed by atoms with E-state index in [1.165, 1.54) is 0 Å². The lowest BCUT2D eigenvalue weighted by molar-refractivity contribution is 0.0927. The maximum Gasteiger partial charge on any atom is 0.274 e. The Morgan fingerprint density at radius 2 is 2.12 bits per heavy atom. The highest BCUT2D eigenvalue weighted by molar-refractivity contribution is 5.92. The fraction of sp³-hybridized carbons (Fsp3) is 0.688. The predicted molar refractivity (Wildman–Crippen MR) is 90.0 cm³/mol. The van der Waals surface area contributed by atoms with E-state index >= 15 is 0 Å². The second-order valence-corrected chi connectivity index (χ2v) is 7.47. The summed E-state index contributed by atoms with van der Waals surface area (Å²) < 4.78 is 7.05. The number of nitrogens with one attached hydrogen (secondary N) is 2. The van der Waals surface area contributed by atoms with Crippen LogP contribution in [0.2, 0.25) is 0 Å². The van der Waals surface area contributed by atoms with Crippen molar-refractivity contribution in [3.05, 3.63) is 23.6 Å². The topological polar surface area (TPSA) is 111 Å². The van der Waals surface area contributed by atoms with Gasteiger partial charge in [0.05, 0.1) is 12.2 Å². The Balaban J connectivity index is 1.63. The molecule has 9 nitrogen and oxygen atoms in total. The number of hydrogen-bond acceptors (Lipinski definition) is 7. The minimum Gasteiger partial charge on any atom is -0.339 e. The standard InChI is InChI=1S/C16H25N7O2/c1-10(14-19-15(21-25-14)16(2,3)4)18-13(24)12-9-23(22-20-12)11-5-7-17-8-6-11/h9-11,17H,5-8H2,1-4H3,(H,18,24). The zero-order valence-electron chi connectivity index (χ0n) is 15.1. The molecule has 1 amide bonds. The third kappa shape index (κ3) is 4.04. The van der Waals surface area contributed by atoms with Crippen LogP contribution >= 0.6 is 0 Å². The highest BCUT2D eigenvalue weighted by atomic mass is 16.5. The van der Waals surface area contributed by atoms with E-state index in [4.69, 9.17) is 4.52 Å². The zero-order valence-corrected chi connectivity index (χ0v) is 15.1. The average molecular weight is 347 g/mol. The molecular weight excluding hydrogens is 322 g/mol. The second-order valence-electron chi connectivity index (χ2n) is 7.47. The van der Waals surface area contributed by atoms with Gasteiger partial charge in [-0.15, -0.1) is 5.10 Å². The maximum absolute atomic E-state index is 12.4. The molecule has 0 spiro atoms. The van der Waals surface area contributed by atoms with Gasteiger partial charge in [-0.05, 0) is 32.9 Å². The molecule has 9 heteroatoms. The molecule has 0 aliphatic carbocycles. The molecule has 25 heavy (non-hydrogen) atoms. The third-order valence-electron chi connectivity index (χ3n) is 4.26. The highest BCUT2D eigenvalue weighted by Crippen LogP contribution is 2.21. The maximum atomic E-state index is 12.4. The van der Waals surface area contributed by atoms with Crippen molar-refractivity contribution < 1.29 is 9.32 Å². The van der Waals surface area contributed by atoms with Gasteiger partial charge < -0.3 is 15.2 Å². The van der Waals surface area contributed by atoms with Crippen LogP contribution in [0.15, 0.2) is 10.7 Å². The Labute approximate surface area is 146 Å². The number of aromatic nitrogens is 5. The van der Waals surface area contributed by atoms with Crippen LogP contribution in [-0.2, 0) is 5.41 Å². The van der Waals surface area contributed by atoms with Gasteiger partial charge in [0.1, 0.15) is 6.04 Å². The van der Waals surface area contributed by atoms with Crippen LogP contribution in [0.3, 0.4) is 0 Å². The van der Waals surface area contributed by atoms with E-state index in [0.29, 0.717) is 17.4 Å². The Kier molecular flexibility index (Phi) is 4.85. The molecule has 2 aromatic heterocycles. The van der Waals surface area contributed by atoms with Gasteiger partial charge in [-0.2, -0.15) is 4.98 Å². The molecule has 1 aliphatic heterocycles. The molecule has 0 radical (unpaired) electrons. The lowest BCUT2D eigenvalue weighted by atomic mass is 9.96. The Morgan fingerprint density at radius 3 is 2.76 bits per heavy atom. The molecular formula is C16H25N7O2. The van der Waals surface area contributed by atoms with Crippen LogP contribution in [0, 0.1) is 0 Å². The Bertz CT molecular complexity index is 725. The predicted octanol–water partition coefficient (Wildman–Crippen LogP) is 1.37. The minimum atomic E-state index is -0.403. The van der Waals surface area contributed by atoms with Crippen molar-refractivity contribution in [1.29, 1.82) is 0 Å². The summed E-state index contributed by atoms with van der Waals surface area (Å²) in [7, 11) is 0. The fourth-order valence-corrected chi connectivity index (χ4v) is 2.68. The second kappa shape index (κ2) is 6.91. The van der Waals surface area contributed by atoms with Crippen molar-refractivity contribution in [3.63, 3.8) is 0 Å². The highest BCUT2D eigenvalue weighted by Gasteiger charge is 2.25. The van der Waals surface area contributed by atoms with Crippen LogP contribution in [0.5, 0.6) is 0 Å². The van der Waals surface area contributed by atoms with E-state index in [9.17, 15) is 4.79 Å². The number of carbonyl (C=O) groups is 1. The normalized spacial score (nSPS) is 17.4. The van der Waals surface area contributed by atoms with Crippen molar-refractivity contribution in [1.82, 2.24) is 35.8 Å². The Hall–Kier alpha value is -2.29. The molecule has 3 rings (SSSR count). The molecule has 0 bridgehead atoms. The van der Waals surface area contributed by atoms with E-state index in [0.717, 1.165) is 25.9 Å². The van der Waals surface area contributed by atoms with E-state index < -0.39 is 6.04 Å². The van der Waals surface area contributed by atoms with Crippen LogP contribution in [0.25, 0.3) is 0 Å². The summed E-state index contributed by atoms with van der Waals surface area (Å²) in [5.74, 6) is 0.688. The summed E-state index contributed by atoms with van der Waals surface area (Å²) in [6.07, 6.45) is 3.67. The first-order valence-corrected chi connectivity index (χ1v) is 8.62. The first-order valence-electron chi connectivity index (χ1n) is 8.62. The number of rotatable bonds is 4. The first kappa shape index (κ1) is 17.5. The van der Waals surface area contributed by atoms with E-state index in [1.807, 2.05) is 20.8 Å². The molecule has 0 saturated carbocycles. The monoisotopic (exact) mass is 347 g/mol. The molecule has 1 unspecified atom stereocenters. The quantitative estimate of drug-likeness (QED) is 0.859. The molecule has 2 aromatic rings. The summed E-state index contributed by atoms with van der Waals surface area (Å²) in [5, 5.41) is 18.2. The fourth-order valence-electron chi connectivity index (χ4n) is 2.68. The average Bonchev–Trinajstić information content (AvgIpc) is 3.25. The van der Waals surface area contributed by atoms with Crippen molar-refractivity contribution in [2.24, 2.45) is 0 Å². The van der Waals surface area contributed by atoms with Crippen molar-refractivity contribution in [3.8, 4) is 0 Å². The van der Waals surface area contributed by atoms with Gasteiger partial charge in [-0.3, -0.25) is 4.79 Å². The first-order chi connectivity index (χ1) is 11.8. The van der Waals surface area contributed by atoms with E-state index in [1.54, 1.807) is 17.8 Å². The summed E-state index contributed by atoms with van der Waals surface area (Å²) in [4.78, 5) is 16.8. The van der Waals surface area contributed by atoms with Gasteiger partial charge in [-0.1, -0.05) is 31.1 Å². The molecule has 3 heterocycles. The lowest BCUT2D eigenvalue weighted by Crippen LogP contribution is -2.29. The van der Waals surface area contributed by atoms with Crippen molar-refractivity contribution in [2.45, 2.75) is 58.0 Å². The molecule has 1 saturated heterocycles. The zero-order chi connectivity index (χ0) is 18.0. The largest absolute Gasteiger partial charge is 0.339 e. The molecule has 1 atom stereocenters. The number of carbonyl (C=O) groups excluding carboxylic acids is 1. The van der Waals surface area contributed by atoms with Crippen molar-refractivity contribution >= 4 is 5.91 Å². The molecule has 1 fully saturated rings. The number of amides is 1. The lowest BCUT2D eigenvalue weighted by Gasteiger charge is -2.22. The summed E-state index contributed by atoms with van der Waals surface area (Å²) in [6, 6.07) is -0.113. The van der Waals surface area contributed by atoms with Crippen LogP contribution < -0.4 is 10.6 Å². The Morgan fingerprint density at radius 1 is 1.40 bits per heavy atom. The van der Waals surface area contributed by atoms with Gasteiger partial charge in [0.2, 0.25) is 5.89 Å². The van der Waals surface area contributed by atoms with Gasteiger partial charge in [0, 0.05) is 5.41 Å². The van der Waals surface area contributed by atoms with Crippen LogP contribution in [0.1, 0.15) is 74.8 Å².